The van der Waals surface area contributed by atoms with E-state index in [0.29, 0.717) is 60.5 Å². The number of likely N-dealkylation sites (tertiary alicyclic amines) is 1. The van der Waals surface area contributed by atoms with Gasteiger partial charge >= 0.3 is 12.1 Å². The van der Waals surface area contributed by atoms with Crippen LogP contribution in [0.5, 0.6) is 5.75 Å². The topological polar surface area (TPSA) is 117 Å². The second-order valence-corrected chi connectivity index (χ2v) is 12.2. The van der Waals surface area contributed by atoms with Gasteiger partial charge in [-0.3, -0.25) is 4.79 Å². The molecule has 2 aliphatic rings. The first kappa shape index (κ1) is 29.5. The number of nitrogens with one attached hydrogen (secondary N) is 1. The molecule has 1 aliphatic carbocycles. The molecule has 2 aromatic heterocycles. The molecule has 11 heteroatoms. The Bertz CT molecular complexity index is 1500. The van der Waals surface area contributed by atoms with Gasteiger partial charge in [0.05, 0.1) is 24.9 Å². The van der Waals surface area contributed by atoms with Crippen molar-refractivity contribution in [2.75, 3.05) is 26.8 Å². The molecule has 2 fully saturated rings. The van der Waals surface area contributed by atoms with Crippen molar-refractivity contribution in [1.82, 2.24) is 24.3 Å². The molecule has 3 aromatic rings. The highest BCUT2D eigenvalue weighted by atomic mass is 16.6. The minimum Gasteiger partial charge on any atom is -0.494 e. The van der Waals surface area contributed by atoms with Crippen molar-refractivity contribution in [3.8, 4) is 17.3 Å². The minimum atomic E-state index is -0.596. The number of alkyl carbamates (subject to hydrolysis) is 1. The summed E-state index contributed by atoms with van der Waals surface area (Å²) in [4.78, 5) is 45.4. The van der Waals surface area contributed by atoms with Crippen LogP contribution in [-0.2, 0) is 23.1 Å². The van der Waals surface area contributed by atoms with Gasteiger partial charge in [0.25, 0.3) is 5.91 Å². The molecule has 226 valence electrons. The summed E-state index contributed by atoms with van der Waals surface area (Å²) in [6.07, 6.45) is 3.31. The Hall–Kier alpha value is -4.02. The number of hydrogen-bond acceptors (Lipinski definition) is 7. The lowest BCUT2D eigenvalue weighted by Crippen LogP contribution is -2.50. The van der Waals surface area contributed by atoms with Crippen molar-refractivity contribution in [2.45, 2.75) is 71.6 Å². The van der Waals surface area contributed by atoms with Gasteiger partial charge in [0.1, 0.15) is 22.6 Å². The molecular formula is C31H41N5O6. The van der Waals surface area contributed by atoms with Gasteiger partial charge in [0.2, 0.25) is 0 Å². The van der Waals surface area contributed by atoms with Crippen molar-refractivity contribution in [3.63, 3.8) is 0 Å². The van der Waals surface area contributed by atoms with Gasteiger partial charge in [-0.25, -0.2) is 14.6 Å². The number of fused-ring (bicyclic) bond motifs is 1. The third-order valence-electron chi connectivity index (χ3n) is 7.66. The first-order valence-corrected chi connectivity index (χ1v) is 14.7. The molecule has 11 nitrogen and oxygen atoms in total. The zero-order chi connectivity index (χ0) is 30.2. The number of aryl methyl sites for hydroxylation is 1. The fraction of sp³-hybridized carbons (Fsp3) is 0.548. The van der Waals surface area contributed by atoms with E-state index >= 15 is 0 Å². The van der Waals surface area contributed by atoms with E-state index in [9.17, 15) is 14.4 Å². The van der Waals surface area contributed by atoms with Crippen LogP contribution in [-0.4, -0.2) is 75.4 Å². The number of esters is 1. The number of carbonyl (C=O) groups is 3. The summed E-state index contributed by atoms with van der Waals surface area (Å²) >= 11 is 0. The summed E-state index contributed by atoms with van der Waals surface area (Å²) in [7, 11) is 3.48. The molecule has 3 heterocycles. The van der Waals surface area contributed by atoms with Gasteiger partial charge < -0.3 is 33.6 Å². The number of amides is 2. The largest absolute Gasteiger partial charge is 0.494 e. The smallest absolute Gasteiger partial charge is 0.407 e. The molecule has 1 aromatic carbocycles. The van der Waals surface area contributed by atoms with Crippen LogP contribution in [0.4, 0.5) is 4.79 Å². The van der Waals surface area contributed by atoms with E-state index in [2.05, 4.69) is 5.32 Å². The van der Waals surface area contributed by atoms with Gasteiger partial charge in [0, 0.05) is 38.3 Å². The molecule has 1 saturated heterocycles. The summed E-state index contributed by atoms with van der Waals surface area (Å²) in [6.45, 7) is 9.25. The number of ether oxygens (including phenoxy) is 3. The SMILES string of the molecule is CCOC(=O)c1ccc(-c2nc3cc(C(=O)N4CCC[C@@H](NC(=O)OC(C)(C)C)C4)cc(OC)c3n2C)n1CC1CC1. The molecule has 0 spiro atoms. The molecule has 1 aliphatic heterocycles. The number of nitrogens with zero attached hydrogens (tertiary/aromatic N) is 4. The summed E-state index contributed by atoms with van der Waals surface area (Å²) in [5, 5.41) is 2.90. The van der Waals surface area contributed by atoms with Crippen molar-refractivity contribution in [3.05, 3.63) is 35.5 Å². The summed E-state index contributed by atoms with van der Waals surface area (Å²) in [5.74, 6) is 1.22. The normalized spacial score (nSPS) is 17.3. The Labute approximate surface area is 246 Å². The maximum Gasteiger partial charge on any atom is 0.407 e. The molecule has 1 saturated carbocycles. The first-order chi connectivity index (χ1) is 20.0. The Morgan fingerprint density at radius 3 is 2.55 bits per heavy atom. The molecule has 0 unspecified atom stereocenters. The number of piperidine rings is 1. The zero-order valence-electron chi connectivity index (χ0n) is 25.4. The van der Waals surface area contributed by atoms with Gasteiger partial charge in [-0.05, 0) is 83.6 Å². The summed E-state index contributed by atoms with van der Waals surface area (Å²) in [6, 6.07) is 7.03. The molecule has 1 N–H and O–H groups in total. The Morgan fingerprint density at radius 2 is 1.88 bits per heavy atom. The van der Waals surface area contributed by atoms with Crippen molar-refractivity contribution in [1.29, 1.82) is 0 Å². The molecule has 0 bridgehead atoms. The number of carbonyl (C=O) groups excluding carboxylic acids is 3. The summed E-state index contributed by atoms with van der Waals surface area (Å²) < 4.78 is 20.4. The van der Waals surface area contributed by atoms with Crippen LogP contribution in [0.3, 0.4) is 0 Å². The first-order valence-electron chi connectivity index (χ1n) is 14.7. The Balaban J connectivity index is 1.44. The van der Waals surface area contributed by atoms with Crippen LogP contribution in [0.1, 0.15) is 74.2 Å². The maximum absolute atomic E-state index is 13.7. The van der Waals surface area contributed by atoms with Gasteiger partial charge in [-0.1, -0.05) is 0 Å². The molecular weight excluding hydrogens is 538 g/mol. The minimum absolute atomic E-state index is 0.153. The third-order valence-corrected chi connectivity index (χ3v) is 7.66. The quantitative estimate of drug-likeness (QED) is 0.382. The maximum atomic E-state index is 13.7. The van der Waals surface area contributed by atoms with Crippen LogP contribution in [0.25, 0.3) is 22.6 Å². The van der Waals surface area contributed by atoms with Crippen LogP contribution >= 0.6 is 0 Å². The zero-order valence-corrected chi connectivity index (χ0v) is 25.4. The molecule has 0 radical (unpaired) electrons. The third kappa shape index (κ3) is 6.24. The average Bonchev–Trinajstić information content (AvgIpc) is 3.56. The number of imidazole rings is 1. The molecule has 42 heavy (non-hydrogen) atoms. The predicted molar refractivity (Wildman–Crippen MR) is 158 cm³/mol. The van der Waals surface area contributed by atoms with E-state index in [-0.39, 0.29) is 17.9 Å². The fourth-order valence-corrected chi connectivity index (χ4v) is 5.56. The molecule has 5 rings (SSSR count). The Morgan fingerprint density at radius 1 is 1.12 bits per heavy atom. The van der Waals surface area contributed by atoms with E-state index in [1.165, 1.54) is 0 Å². The van der Waals surface area contributed by atoms with Crippen molar-refractivity contribution < 1.29 is 28.6 Å². The van der Waals surface area contributed by atoms with Crippen LogP contribution in [0, 0.1) is 5.92 Å². The lowest BCUT2D eigenvalue weighted by atomic mass is 10.0. The highest BCUT2D eigenvalue weighted by Crippen LogP contribution is 2.36. The van der Waals surface area contributed by atoms with Crippen molar-refractivity contribution in [2.24, 2.45) is 13.0 Å². The average molecular weight is 580 g/mol. The highest BCUT2D eigenvalue weighted by molar-refractivity contribution is 6.00. The van der Waals surface area contributed by atoms with E-state index in [4.69, 9.17) is 19.2 Å². The van der Waals surface area contributed by atoms with Crippen LogP contribution in [0.15, 0.2) is 24.3 Å². The second kappa shape index (κ2) is 11.7. The van der Waals surface area contributed by atoms with Gasteiger partial charge in [-0.15, -0.1) is 0 Å². The monoisotopic (exact) mass is 579 g/mol. The molecule has 1 atom stereocenters. The van der Waals surface area contributed by atoms with Crippen LogP contribution in [0.2, 0.25) is 0 Å². The molecule has 2 amide bonds. The van der Waals surface area contributed by atoms with Crippen LogP contribution < -0.4 is 10.1 Å². The number of hydrogen-bond donors (Lipinski definition) is 1. The number of methoxy groups -OCH3 is 1. The van der Waals surface area contributed by atoms with Crippen molar-refractivity contribution >= 4 is 29.0 Å². The summed E-state index contributed by atoms with van der Waals surface area (Å²) in [5.41, 5.74) is 2.56. The van der Waals surface area contributed by atoms with E-state index in [0.717, 1.165) is 36.9 Å². The number of rotatable bonds is 8. The van der Waals surface area contributed by atoms with Gasteiger partial charge in [0.15, 0.2) is 5.82 Å². The van der Waals surface area contributed by atoms with E-state index in [1.54, 1.807) is 37.1 Å². The van der Waals surface area contributed by atoms with E-state index < -0.39 is 11.7 Å². The standard InChI is InChI=1S/C31H41N5O6/c1-7-41-29(38)24-13-12-23(36(24)17-19-10-11-19)27-33-22-15-20(16-25(40-6)26(22)34(27)5)28(37)35-14-8-9-21(18-35)32-30(39)42-31(2,3)4/h12-13,15-16,19,21H,7-11,14,17-18H2,1-6H3,(H,32,39)/t21-/m1/s1. The second-order valence-electron chi connectivity index (χ2n) is 12.2. The predicted octanol–water partition coefficient (Wildman–Crippen LogP) is 4.77. The number of aromatic nitrogens is 3. The van der Waals surface area contributed by atoms with Gasteiger partial charge in [-0.2, -0.15) is 0 Å². The highest BCUT2D eigenvalue weighted by Gasteiger charge is 2.30. The van der Waals surface area contributed by atoms with E-state index in [1.807, 2.05) is 43.0 Å². The lowest BCUT2D eigenvalue weighted by molar-refractivity contribution is 0.0451. The lowest BCUT2D eigenvalue weighted by Gasteiger charge is -2.33. The number of benzene rings is 1. The fourth-order valence-electron chi connectivity index (χ4n) is 5.56. The Kier molecular flexibility index (Phi) is 8.21.